The molecule has 0 atom stereocenters. The average Bonchev–Trinajstić information content (AvgIpc) is 2.99. The van der Waals surface area contributed by atoms with Crippen LogP contribution >= 0.6 is 11.3 Å². The lowest BCUT2D eigenvalue weighted by Gasteiger charge is -2.10. The third kappa shape index (κ3) is 4.07. The Morgan fingerprint density at radius 3 is 2.56 bits per heavy atom. The summed E-state index contributed by atoms with van der Waals surface area (Å²) in [7, 11) is -5.66. The minimum atomic E-state index is -5.66. The molecule has 2 aromatic rings. The summed E-state index contributed by atoms with van der Waals surface area (Å²) in [5.41, 5.74) is -6.40. The van der Waals surface area contributed by atoms with Crippen LogP contribution in [0.4, 0.5) is 24.5 Å². The molecule has 7 nitrogen and oxygen atoms in total. The van der Waals surface area contributed by atoms with Gasteiger partial charge in [0.25, 0.3) is 15.5 Å². The standard InChI is InChI=1S/C13H12F3N3O4S2/c1-2-8-6-18-12(24-8)7-17-10-4-3-9(5-11(10)19(20)21)25(22,23)13(14,15)16/h3-6,17H,2,7H2,1H3. The Balaban J connectivity index is 2.32. The SMILES string of the molecule is CCc1cnc(CNc2ccc(S(=O)(=O)C(F)(F)F)cc2[N+](=O)[O-])s1. The van der Waals surface area contributed by atoms with E-state index in [9.17, 15) is 31.7 Å². The van der Waals surface area contributed by atoms with E-state index in [2.05, 4.69) is 10.3 Å². The number of alkyl halides is 3. The fraction of sp³-hybridized carbons (Fsp3) is 0.308. The van der Waals surface area contributed by atoms with Crippen molar-refractivity contribution in [1.82, 2.24) is 4.98 Å². The lowest BCUT2D eigenvalue weighted by Crippen LogP contribution is -2.23. The van der Waals surface area contributed by atoms with Gasteiger partial charge in [-0.2, -0.15) is 13.2 Å². The van der Waals surface area contributed by atoms with E-state index in [1.165, 1.54) is 11.3 Å². The summed E-state index contributed by atoms with van der Waals surface area (Å²) in [6.07, 6.45) is 2.44. The molecule has 0 aliphatic heterocycles. The molecule has 1 heterocycles. The molecule has 0 bridgehead atoms. The Hall–Kier alpha value is -2.21. The second-order valence-electron chi connectivity index (χ2n) is 4.81. The van der Waals surface area contributed by atoms with Crippen LogP contribution in [-0.4, -0.2) is 23.8 Å². The molecule has 1 N–H and O–H groups in total. The summed E-state index contributed by atoms with van der Waals surface area (Å²) in [6.45, 7) is 2.06. The second kappa shape index (κ2) is 6.96. The lowest BCUT2D eigenvalue weighted by atomic mass is 10.2. The van der Waals surface area contributed by atoms with E-state index in [0.29, 0.717) is 17.1 Å². The van der Waals surface area contributed by atoms with Crippen LogP contribution < -0.4 is 5.32 Å². The van der Waals surface area contributed by atoms with Crippen LogP contribution in [0.5, 0.6) is 0 Å². The maximum Gasteiger partial charge on any atom is 0.501 e. The predicted octanol–water partition coefficient (Wildman–Crippen LogP) is 3.52. The number of nitro benzene ring substituents is 1. The fourth-order valence-electron chi connectivity index (χ4n) is 1.88. The van der Waals surface area contributed by atoms with E-state index in [-0.39, 0.29) is 12.2 Å². The zero-order valence-electron chi connectivity index (χ0n) is 12.7. The van der Waals surface area contributed by atoms with Gasteiger partial charge in [-0.25, -0.2) is 13.4 Å². The highest BCUT2D eigenvalue weighted by Gasteiger charge is 2.47. The van der Waals surface area contributed by atoms with Crippen molar-refractivity contribution in [3.63, 3.8) is 0 Å². The van der Waals surface area contributed by atoms with Crippen molar-refractivity contribution in [3.05, 3.63) is 44.4 Å². The van der Waals surface area contributed by atoms with Gasteiger partial charge in [0.1, 0.15) is 10.7 Å². The molecule has 25 heavy (non-hydrogen) atoms. The molecule has 0 fully saturated rings. The topological polar surface area (TPSA) is 102 Å². The zero-order chi connectivity index (χ0) is 18.8. The van der Waals surface area contributed by atoms with E-state index < -0.39 is 30.9 Å². The molecule has 12 heteroatoms. The van der Waals surface area contributed by atoms with Crippen LogP contribution in [0.1, 0.15) is 16.8 Å². The quantitative estimate of drug-likeness (QED) is 0.593. The number of nitrogens with one attached hydrogen (secondary N) is 1. The molecule has 1 aromatic heterocycles. The number of aryl methyl sites for hydroxylation is 1. The molecule has 0 aliphatic carbocycles. The average molecular weight is 395 g/mol. The molecule has 0 spiro atoms. The van der Waals surface area contributed by atoms with Crippen molar-refractivity contribution in [2.24, 2.45) is 0 Å². The molecule has 0 radical (unpaired) electrons. The molecular formula is C13H12F3N3O4S2. The Labute approximate surface area is 144 Å². The van der Waals surface area contributed by atoms with Gasteiger partial charge >= 0.3 is 5.51 Å². The van der Waals surface area contributed by atoms with Crippen molar-refractivity contribution < 1.29 is 26.5 Å². The van der Waals surface area contributed by atoms with E-state index in [1.54, 1.807) is 6.20 Å². The van der Waals surface area contributed by atoms with Crippen molar-refractivity contribution in [1.29, 1.82) is 0 Å². The minimum Gasteiger partial charge on any atom is -0.373 e. The molecule has 0 amide bonds. The number of anilines is 1. The van der Waals surface area contributed by atoms with Gasteiger partial charge in [0.2, 0.25) is 0 Å². The number of benzene rings is 1. The number of sulfone groups is 1. The smallest absolute Gasteiger partial charge is 0.373 e. The molecular weight excluding hydrogens is 383 g/mol. The highest BCUT2D eigenvalue weighted by atomic mass is 32.2. The molecule has 0 unspecified atom stereocenters. The van der Waals surface area contributed by atoms with Gasteiger partial charge in [-0.15, -0.1) is 11.3 Å². The Morgan fingerprint density at radius 1 is 1.36 bits per heavy atom. The summed E-state index contributed by atoms with van der Waals surface area (Å²) in [4.78, 5) is 14.1. The van der Waals surface area contributed by atoms with Crippen molar-refractivity contribution in [2.75, 3.05) is 5.32 Å². The summed E-state index contributed by atoms with van der Waals surface area (Å²) in [5.74, 6) is 0. The van der Waals surface area contributed by atoms with E-state index in [1.807, 2.05) is 6.92 Å². The lowest BCUT2D eigenvalue weighted by molar-refractivity contribution is -0.384. The predicted molar refractivity (Wildman–Crippen MR) is 85.2 cm³/mol. The molecule has 0 saturated heterocycles. The first-order chi connectivity index (χ1) is 11.6. The van der Waals surface area contributed by atoms with E-state index in [4.69, 9.17) is 0 Å². The second-order valence-corrected chi connectivity index (χ2v) is 7.95. The van der Waals surface area contributed by atoms with Gasteiger partial charge in [0, 0.05) is 17.1 Å². The van der Waals surface area contributed by atoms with Gasteiger partial charge in [0.05, 0.1) is 16.4 Å². The van der Waals surface area contributed by atoms with Crippen LogP contribution in [0.15, 0.2) is 29.3 Å². The Morgan fingerprint density at radius 2 is 2.04 bits per heavy atom. The van der Waals surface area contributed by atoms with Gasteiger partial charge in [-0.05, 0) is 18.6 Å². The number of hydrogen-bond acceptors (Lipinski definition) is 7. The van der Waals surface area contributed by atoms with Gasteiger partial charge in [-0.1, -0.05) is 6.92 Å². The first-order valence-electron chi connectivity index (χ1n) is 6.83. The van der Waals surface area contributed by atoms with E-state index in [0.717, 1.165) is 17.4 Å². The third-order valence-corrected chi connectivity index (χ3v) is 5.79. The summed E-state index contributed by atoms with van der Waals surface area (Å²) < 4.78 is 60.5. The highest BCUT2D eigenvalue weighted by molar-refractivity contribution is 7.92. The first kappa shape index (κ1) is 19.1. The zero-order valence-corrected chi connectivity index (χ0v) is 14.3. The molecule has 0 aliphatic rings. The summed E-state index contributed by atoms with van der Waals surface area (Å²) in [6, 6.07) is 2.01. The van der Waals surface area contributed by atoms with Crippen LogP contribution in [0.3, 0.4) is 0 Å². The van der Waals surface area contributed by atoms with Gasteiger partial charge in [0.15, 0.2) is 0 Å². The number of hydrogen-bond donors (Lipinski definition) is 1. The minimum absolute atomic E-state index is 0.0978. The van der Waals surface area contributed by atoms with Crippen LogP contribution in [-0.2, 0) is 22.8 Å². The molecule has 1 aromatic carbocycles. The molecule has 0 saturated carbocycles. The third-order valence-electron chi connectivity index (χ3n) is 3.16. The summed E-state index contributed by atoms with van der Waals surface area (Å²) in [5, 5.41) is 14.4. The largest absolute Gasteiger partial charge is 0.501 e. The van der Waals surface area contributed by atoms with Crippen LogP contribution in [0.2, 0.25) is 0 Å². The summed E-state index contributed by atoms with van der Waals surface area (Å²) >= 11 is 1.39. The highest BCUT2D eigenvalue weighted by Crippen LogP contribution is 2.34. The molecule has 136 valence electrons. The number of thiazole rings is 1. The van der Waals surface area contributed by atoms with Crippen molar-refractivity contribution in [3.8, 4) is 0 Å². The van der Waals surface area contributed by atoms with Crippen molar-refractivity contribution >= 4 is 32.5 Å². The normalized spacial score (nSPS) is 12.2. The fourth-order valence-corrected chi connectivity index (χ4v) is 3.46. The first-order valence-corrected chi connectivity index (χ1v) is 9.13. The van der Waals surface area contributed by atoms with Crippen LogP contribution in [0.25, 0.3) is 0 Å². The number of nitro groups is 1. The van der Waals surface area contributed by atoms with Crippen LogP contribution in [0, 0.1) is 10.1 Å². The Bertz CT molecular complexity index is 894. The Kier molecular flexibility index (Phi) is 5.32. The van der Waals surface area contributed by atoms with Gasteiger partial charge in [-0.3, -0.25) is 10.1 Å². The number of nitrogens with zero attached hydrogens (tertiary/aromatic N) is 2. The van der Waals surface area contributed by atoms with E-state index >= 15 is 0 Å². The monoisotopic (exact) mass is 395 g/mol. The van der Waals surface area contributed by atoms with Crippen molar-refractivity contribution in [2.45, 2.75) is 30.3 Å². The number of aromatic nitrogens is 1. The van der Waals surface area contributed by atoms with Gasteiger partial charge < -0.3 is 5.32 Å². The number of halogens is 3. The maximum atomic E-state index is 12.6. The molecule has 2 rings (SSSR count). The number of rotatable bonds is 6. The maximum absolute atomic E-state index is 12.6.